The van der Waals surface area contributed by atoms with Crippen LogP contribution in [0.2, 0.25) is 0 Å². The topological polar surface area (TPSA) is 55.6 Å². The normalized spacial score (nSPS) is 11.8. The van der Waals surface area contributed by atoms with Crippen molar-refractivity contribution in [2.24, 2.45) is 5.73 Å². The summed E-state index contributed by atoms with van der Waals surface area (Å²) in [5.41, 5.74) is 5.74. The van der Waals surface area contributed by atoms with Crippen molar-refractivity contribution in [3.8, 4) is 0 Å². The fraction of sp³-hybridized carbons (Fsp3) is 0.667. The van der Waals surface area contributed by atoms with Crippen LogP contribution in [0.4, 0.5) is 0 Å². The van der Waals surface area contributed by atoms with Gasteiger partial charge in [0.15, 0.2) is 0 Å². The number of nitrogens with zero attached hydrogens (tertiary/aromatic N) is 1. The fourth-order valence-electron chi connectivity index (χ4n) is 1.52. The molecule has 0 atom stereocenters. The molecule has 0 radical (unpaired) electrons. The predicted molar refractivity (Wildman–Crippen MR) is 79.4 cm³/mol. The minimum Gasteiger partial charge on any atom is -0.461 e. The SMILES string of the molecule is CCCCCCCCOC(=O)/C(N)=C\C=C\N(C)C. The second-order valence-corrected chi connectivity index (χ2v) is 4.83. The molecule has 0 aliphatic heterocycles. The van der Waals surface area contributed by atoms with Crippen LogP contribution in [0.15, 0.2) is 24.0 Å². The third-order valence-corrected chi connectivity index (χ3v) is 2.63. The van der Waals surface area contributed by atoms with Crippen molar-refractivity contribution in [2.75, 3.05) is 20.7 Å². The molecule has 0 amide bonds. The molecule has 0 heterocycles. The van der Waals surface area contributed by atoms with Crippen molar-refractivity contribution in [2.45, 2.75) is 45.4 Å². The highest BCUT2D eigenvalue weighted by atomic mass is 16.5. The largest absolute Gasteiger partial charge is 0.461 e. The quantitative estimate of drug-likeness (QED) is 0.286. The molecule has 0 aromatic rings. The van der Waals surface area contributed by atoms with Gasteiger partial charge in [-0.05, 0) is 24.8 Å². The number of allylic oxidation sites excluding steroid dienone is 2. The van der Waals surface area contributed by atoms with Crippen LogP contribution < -0.4 is 5.73 Å². The van der Waals surface area contributed by atoms with Crippen molar-refractivity contribution in [3.63, 3.8) is 0 Å². The number of hydrogen-bond donors (Lipinski definition) is 1. The Hall–Kier alpha value is -1.45. The van der Waals surface area contributed by atoms with E-state index in [1.165, 1.54) is 25.7 Å². The number of carbonyl (C=O) groups excluding carboxylic acids is 1. The van der Waals surface area contributed by atoms with E-state index in [0.717, 1.165) is 12.8 Å². The Morgan fingerprint density at radius 3 is 2.42 bits per heavy atom. The number of nitrogens with two attached hydrogens (primary N) is 1. The Morgan fingerprint density at radius 1 is 1.16 bits per heavy atom. The summed E-state index contributed by atoms with van der Waals surface area (Å²) in [7, 11) is 3.80. The molecule has 2 N–H and O–H groups in total. The number of hydrogen-bond acceptors (Lipinski definition) is 4. The van der Waals surface area contributed by atoms with Crippen LogP contribution in [-0.2, 0) is 9.53 Å². The molecule has 19 heavy (non-hydrogen) atoms. The number of carbonyl (C=O) groups is 1. The van der Waals surface area contributed by atoms with E-state index in [1.54, 1.807) is 12.2 Å². The second kappa shape index (κ2) is 11.6. The van der Waals surface area contributed by atoms with Gasteiger partial charge in [0.2, 0.25) is 0 Å². The molecule has 4 nitrogen and oxygen atoms in total. The molecule has 0 spiro atoms. The first-order chi connectivity index (χ1) is 9.07. The lowest BCUT2D eigenvalue weighted by molar-refractivity contribution is -0.139. The minimum absolute atomic E-state index is 0.143. The van der Waals surface area contributed by atoms with E-state index in [1.807, 2.05) is 25.2 Å². The van der Waals surface area contributed by atoms with Crippen LogP contribution in [0.1, 0.15) is 45.4 Å². The molecule has 0 saturated heterocycles. The van der Waals surface area contributed by atoms with Gasteiger partial charge in [-0.15, -0.1) is 0 Å². The van der Waals surface area contributed by atoms with Gasteiger partial charge >= 0.3 is 5.97 Å². The van der Waals surface area contributed by atoms with Crippen LogP contribution in [-0.4, -0.2) is 31.6 Å². The van der Waals surface area contributed by atoms with Gasteiger partial charge in [0, 0.05) is 14.1 Å². The Balaban J connectivity index is 3.68. The van der Waals surface area contributed by atoms with Gasteiger partial charge in [-0.1, -0.05) is 39.0 Å². The number of esters is 1. The molecule has 0 aromatic heterocycles. The van der Waals surface area contributed by atoms with Crippen LogP contribution in [0.3, 0.4) is 0 Å². The molecular formula is C15H28N2O2. The summed E-state index contributed by atoms with van der Waals surface area (Å²) in [5, 5.41) is 0. The summed E-state index contributed by atoms with van der Waals surface area (Å²) < 4.78 is 5.09. The summed E-state index contributed by atoms with van der Waals surface area (Å²) in [5.74, 6) is -0.433. The van der Waals surface area contributed by atoms with Gasteiger partial charge in [-0.2, -0.15) is 0 Å². The zero-order chi connectivity index (χ0) is 14.5. The maximum atomic E-state index is 11.5. The summed E-state index contributed by atoms with van der Waals surface area (Å²) in [6.07, 6.45) is 12.1. The van der Waals surface area contributed by atoms with Gasteiger partial charge in [-0.25, -0.2) is 4.79 Å². The first-order valence-corrected chi connectivity index (χ1v) is 7.05. The lowest BCUT2D eigenvalue weighted by Gasteiger charge is -2.05. The average molecular weight is 268 g/mol. The van der Waals surface area contributed by atoms with Crippen molar-refractivity contribution >= 4 is 5.97 Å². The number of unbranched alkanes of at least 4 members (excludes halogenated alkanes) is 5. The van der Waals surface area contributed by atoms with Crippen molar-refractivity contribution in [1.82, 2.24) is 4.90 Å². The zero-order valence-corrected chi connectivity index (χ0v) is 12.5. The summed E-state index contributed by atoms with van der Waals surface area (Å²) >= 11 is 0. The van der Waals surface area contributed by atoms with E-state index in [9.17, 15) is 4.79 Å². The van der Waals surface area contributed by atoms with Crippen LogP contribution >= 0.6 is 0 Å². The van der Waals surface area contributed by atoms with Gasteiger partial charge in [-0.3, -0.25) is 0 Å². The zero-order valence-electron chi connectivity index (χ0n) is 12.5. The molecule has 0 rings (SSSR count). The highest BCUT2D eigenvalue weighted by Gasteiger charge is 2.04. The number of rotatable bonds is 10. The first-order valence-electron chi connectivity index (χ1n) is 7.05. The molecule has 110 valence electrons. The first kappa shape index (κ1) is 17.6. The molecule has 0 saturated carbocycles. The standard InChI is InChI=1S/C15H28N2O2/c1-4-5-6-7-8-9-13-19-15(18)14(16)11-10-12-17(2)3/h10-12H,4-9,13,16H2,1-3H3/b12-10+,14-11+. The molecule has 0 aromatic carbocycles. The van der Waals surface area contributed by atoms with E-state index in [4.69, 9.17) is 10.5 Å². The Morgan fingerprint density at radius 2 is 1.79 bits per heavy atom. The summed E-state index contributed by atoms with van der Waals surface area (Å²) in [4.78, 5) is 13.4. The van der Waals surface area contributed by atoms with Crippen molar-refractivity contribution < 1.29 is 9.53 Å². The Kier molecular flexibility index (Phi) is 10.7. The molecule has 0 unspecified atom stereocenters. The summed E-state index contributed by atoms with van der Waals surface area (Å²) in [6, 6.07) is 0. The molecule has 0 aliphatic rings. The van der Waals surface area contributed by atoms with E-state index < -0.39 is 5.97 Å². The van der Waals surface area contributed by atoms with Crippen LogP contribution in [0, 0.1) is 0 Å². The fourth-order valence-corrected chi connectivity index (χ4v) is 1.52. The highest BCUT2D eigenvalue weighted by molar-refractivity contribution is 5.87. The molecule has 0 bridgehead atoms. The Labute approximate surface area is 117 Å². The Bertz CT molecular complexity index is 297. The van der Waals surface area contributed by atoms with E-state index >= 15 is 0 Å². The third kappa shape index (κ3) is 11.4. The van der Waals surface area contributed by atoms with E-state index in [-0.39, 0.29) is 5.70 Å². The van der Waals surface area contributed by atoms with Gasteiger partial charge in [0.1, 0.15) is 5.70 Å². The van der Waals surface area contributed by atoms with Gasteiger partial charge < -0.3 is 15.4 Å². The summed E-state index contributed by atoms with van der Waals surface area (Å²) in [6.45, 7) is 2.65. The maximum absolute atomic E-state index is 11.5. The third-order valence-electron chi connectivity index (χ3n) is 2.63. The second-order valence-electron chi connectivity index (χ2n) is 4.83. The minimum atomic E-state index is -0.433. The van der Waals surface area contributed by atoms with Crippen molar-refractivity contribution in [3.05, 3.63) is 24.0 Å². The lowest BCUT2D eigenvalue weighted by atomic mass is 10.1. The number of ether oxygens (including phenoxy) is 1. The molecular weight excluding hydrogens is 240 g/mol. The highest BCUT2D eigenvalue weighted by Crippen LogP contribution is 2.05. The van der Waals surface area contributed by atoms with Crippen LogP contribution in [0.25, 0.3) is 0 Å². The average Bonchev–Trinajstić information content (AvgIpc) is 2.36. The van der Waals surface area contributed by atoms with E-state index in [2.05, 4.69) is 6.92 Å². The monoisotopic (exact) mass is 268 g/mol. The van der Waals surface area contributed by atoms with Crippen LogP contribution in [0.5, 0.6) is 0 Å². The van der Waals surface area contributed by atoms with Crippen molar-refractivity contribution in [1.29, 1.82) is 0 Å². The maximum Gasteiger partial charge on any atom is 0.354 e. The smallest absolute Gasteiger partial charge is 0.354 e. The van der Waals surface area contributed by atoms with Gasteiger partial charge in [0.25, 0.3) is 0 Å². The predicted octanol–water partition coefficient (Wildman–Crippen LogP) is 2.81. The molecule has 0 fully saturated rings. The van der Waals surface area contributed by atoms with Gasteiger partial charge in [0.05, 0.1) is 6.61 Å². The molecule has 0 aliphatic carbocycles. The lowest BCUT2D eigenvalue weighted by Crippen LogP contribution is -2.15. The molecule has 4 heteroatoms. The van der Waals surface area contributed by atoms with E-state index in [0.29, 0.717) is 6.61 Å².